The van der Waals surface area contributed by atoms with Gasteiger partial charge in [0.2, 0.25) is 10.0 Å². The summed E-state index contributed by atoms with van der Waals surface area (Å²) in [6.45, 7) is 1.06. The summed E-state index contributed by atoms with van der Waals surface area (Å²) >= 11 is 0. The lowest BCUT2D eigenvalue weighted by Gasteiger charge is -2.20. The average molecular weight is 419 g/mol. The number of hydrogen-bond donors (Lipinski definition) is 1. The topological polar surface area (TPSA) is 84.9 Å². The molecule has 0 bridgehead atoms. The van der Waals surface area contributed by atoms with E-state index in [1.165, 1.54) is 24.6 Å². The monoisotopic (exact) mass is 418 g/mol. The summed E-state index contributed by atoms with van der Waals surface area (Å²) in [6, 6.07) is 11.2. The van der Waals surface area contributed by atoms with Crippen molar-refractivity contribution < 1.29 is 22.7 Å². The van der Waals surface area contributed by atoms with Crippen molar-refractivity contribution >= 4 is 21.6 Å². The predicted octanol–water partition coefficient (Wildman–Crippen LogP) is 3.52. The molecule has 8 heteroatoms. The van der Waals surface area contributed by atoms with Crippen molar-refractivity contribution in [3.8, 4) is 11.5 Å². The summed E-state index contributed by atoms with van der Waals surface area (Å²) in [7, 11) is -0.564. The van der Waals surface area contributed by atoms with Crippen LogP contribution in [0.1, 0.15) is 36.0 Å². The van der Waals surface area contributed by atoms with E-state index in [1.807, 2.05) is 0 Å². The minimum absolute atomic E-state index is 0.185. The lowest BCUT2D eigenvalue weighted by Crippen LogP contribution is -2.32. The fourth-order valence-corrected chi connectivity index (χ4v) is 4.91. The van der Waals surface area contributed by atoms with Gasteiger partial charge in [0, 0.05) is 24.3 Å². The van der Waals surface area contributed by atoms with Crippen LogP contribution in [-0.2, 0) is 10.0 Å². The van der Waals surface area contributed by atoms with E-state index in [2.05, 4.69) is 5.32 Å². The van der Waals surface area contributed by atoms with E-state index < -0.39 is 10.0 Å². The van der Waals surface area contributed by atoms with Gasteiger partial charge in [0.25, 0.3) is 5.91 Å². The largest absolute Gasteiger partial charge is 0.493 e. The lowest BCUT2D eigenvalue weighted by molar-refractivity contribution is 0.102. The molecule has 1 amide bonds. The average Bonchev–Trinajstić information content (AvgIpc) is 3.03. The van der Waals surface area contributed by atoms with Crippen LogP contribution in [0.5, 0.6) is 11.5 Å². The van der Waals surface area contributed by atoms with E-state index in [0.717, 1.165) is 25.7 Å². The van der Waals surface area contributed by atoms with Gasteiger partial charge in [-0.25, -0.2) is 8.42 Å². The molecule has 2 aromatic rings. The first-order chi connectivity index (χ1) is 14.0. The molecule has 1 N–H and O–H groups in total. The summed E-state index contributed by atoms with van der Waals surface area (Å²) in [5, 5.41) is 2.76. The Morgan fingerprint density at radius 3 is 2.28 bits per heavy atom. The molecule has 29 heavy (non-hydrogen) atoms. The Balaban J connectivity index is 1.80. The number of rotatable bonds is 6. The number of hydrogen-bond acceptors (Lipinski definition) is 5. The molecule has 0 atom stereocenters. The molecule has 1 heterocycles. The highest BCUT2D eigenvalue weighted by atomic mass is 32.2. The Labute approximate surface area is 171 Å². The van der Waals surface area contributed by atoms with E-state index in [-0.39, 0.29) is 10.8 Å². The van der Waals surface area contributed by atoms with Gasteiger partial charge in [0.1, 0.15) is 0 Å². The normalized spacial score (nSPS) is 15.4. The Kier molecular flexibility index (Phi) is 6.76. The van der Waals surface area contributed by atoms with Crippen LogP contribution >= 0.6 is 0 Å². The highest BCUT2D eigenvalue weighted by Gasteiger charge is 2.25. The number of ether oxygens (including phenoxy) is 2. The quantitative estimate of drug-likeness (QED) is 0.776. The second-order valence-electron chi connectivity index (χ2n) is 6.87. The van der Waals surface area contributed by atoms with Crippen molar-refractivity contribution in [2.75, 3.05) is 32.6 Å². The standard InChI is InChI=1S/C21H26N2O5S/c1-27-19-11-10-16(14-20(19)28-2)21(24)22-17-8-7-9-18(15-17)29(25,26)23-12-5-3-4-6-13-23/h7-11,14-15H,3-6,12-13H2,1-2H3,(H,22,24). The fourth-order valence-electron chi connectivity index (χ4n) is 3.35. The van der Waals surface area contributed by atoms with Crippen LogP contribution < -0.4 is 14.8 Å². The van der Waals surface area contributed by atoms with E-state index in [0.29, 0.717) is 35.8 Å². The molecule has 0 aliphatic carbocycles. The zero-order chi connectivity index (χ0) is 20.9. The summed E-state index contributed by atoms with van der Waals surface area (Å²) in [6.07, 6.45) is 3.84. The minimum Gasteiger partial charge on any atom is -0.493 e. The maximum Gasteiger partial charge on any atom is 0.255 e. The molecular weight excluding hydrogens is 392 g/mol. The first-order valence-electron chi connectivity index (χ1n) is 9.59. The number of carbonyl (C=O) groups is 1. The second-order valence-corrected chi connectivity index (χ2v) is 8.81. The fraction of sp³-hybridized carbons (Fsp3) is 0.381. The molecule has 1 aliphatic rings. The summed E-state index contributed by atoms with van der Waals surface area (Å²) in [5.41, 5.74) is 0.795. The number of benzene rings is 2. The van der Waals surface area contributed by atoms with Gasteiger partial charge in [-0.2, -0.15) is 4.31 Å². The Hall–Kier alpha value is -2.58. The number of amides is 1. The van der Waals surface area contributed by atoms with Crippen molar-refractivity contribution in [1.82, 2.24) is 4.31 Å². The molecule has 0 unspecified atom stereocenters. The second kappa shape index (κ2) is 9.28. The van der Waals surface area contributed by atoms with Crippen LogP contribution in [0.4, 0.5) is 5.69 Å². The predicted molar refractivity (Wildman–Crippen MR) is 111 cm³/mol. The van der Waals surface area contributed by atoms with Crippen LogP contribution in [0, 0.1) is 0 Å². The van der Waals surface area contributed by atoms with E-state index >= 15 is 0 Å². The smallest absolute Gasteiger partial charge is 0.255 e. The molecular formula is C21H26N2O5S. The highest BCUT2D eigenvalue weighted by molar-refractivity contribution is 7.89. The van der Waals surface area contributed by atoms with Crippen molar-refractivity contribution in [3.05, 3.63) is 48.0 Å². The zero-order valence-corrected chi connectivity index (χ0v) is 17.5. The number of carbonyl (C=O) groups excluding carboxylic acids is 1. The van der Waals surface area contributed by atoms with Gasteiger partial charge in [0.15, 0.2) is 11.5 Å². The van der Waals surface area contributed by atoms with E-state index in [1.54, 1.807) is 36.4 Å². The molecule has 2 aromatic carbocycles. The molecule has 0 aromatic heterocycles. The van der Waals surface area contributed by atoms with Gasteiger partial charge in [0.05, 0.1) is 19.1 Å². The first kappa shape index (κ1) is 21.1. The van der Waals surface area contributed by atoms with Crippen molar-refractivity contribution in [2.24, 2.45) is 0 Å². The third-order valence-corrected chi connectivity index (χ3v) is 6.84. The number of nitrogens with one attached hydrogen (secondary N) is 1. The number of sulfonamides is 1. The molecule has 1 fully saturated rings. The van der Waals surface area contributed by atoms with Gasteiger partial charge >= 0.3 is 0 Å². The molecule has 156 valence electrons. The van der Waals surface area contributed by atoms with E-state index in [4.69, 9.17) is 9.47 Å². The van der Waals surface area contributed by atoms with Gasteiger partial charge in [-0.15, -0.1) is 0 Å². The van der Waals surface area contributed by atoms with Crippen molar-refractivity contribution in [2.45, 2.75) is 30.6 Å². The minimum atomic E-state index is -3.58. The van der Waals surface area contributed by atoms with Gasteiger partial charge in [-0.05, 0) is 49.2 Å². The van der Waals surface area contributed by atoms with Gasteiger partial charge in [-0.1, -0.05) is 18.9 Å². The van der Waals surface area contributed by atoms with Gasteiger partial charge < -0.3 is 14.8 Å². The van der Waals surface area contributed by atoms with Crippen molar-refractivity contribution in [3.63, 3.8) is 0 Å². The summed E-state index contributed by atoms with van der Waals surface area (Å²) in [5.74, 6) is 0.600. The molecule has 1 aliphatic heterocycles. The maximum atomic E-state index is 13.0. The van der Waals surface area contributed by atoms with Crippen LogP contribution in [0.15, 0.2) is 47.4 Å². The number of methoxy groups -OCH3 is 2. The maximum absolute atomic E-state index is 13.0. The summed E-state index contributed by atoms with van der Waals surface area (Å²) < 4.78 is 37.9. The number of anilines is 1. The van der Waals surface area contributed by atoms with Crippen LogP contribution in [0.3, 0.4) is 0 Å². The molecule has 3 rings (SSSR count). The Morgan fingerprint density at radius 2 is 1.62 bits per heavy atom. The summed E-state index contributed by atoms with van der Waals surface area (Å²) in [4.78, 5) is 12.8. The molecule has 7 nitrogen and oxygen atoms in total. The van der Waals surface area contributed by atoms with Crippen LogP contribution in [-0.4, -0.2) is 45.9 Å². The first-order valence-corrected chi connectivity index (χ1v) is 11.0. The van der Waals surface area contributed by atoms with Gasteiger partial charge in [-0.3, -0.25) is 4.79 Å². The van der Waals surface area contributed by atoms with Crippen LogP contribution in [0.25, 0.3) is 0 Å². The van der Waals surface area contributed by atoms with Crippen molar-refractivity contribution in [1.29, 1.82) is 0 Å². The third-order valence-electron chi connectivity index (χ3n) is 4.94. The Morgan fingerprint density at radius 1 is 0.931 bits per heavy atom. The Bertz CT molecular complexity index is 967. The SMILES string of the molecule is COc1ccc(C(=O)Nc2cccc(S(=O)(=O)N3CCCCCC3)c2)cc1OC. The highest BCUT2D eigenvalue weighted by Crippen LogP contribution is 2.28. The third kappa shape index (κ3) is 4.89. The number of nitrogens with zero attached hydrogens (tertiary/aromatic N) is 1. The molecule has 0 saturated carbocycles. The van der Waals surface area contributed by atoms with Crippen LogP contribution in [0.2, 0.25) is 0 Å². The molecule has 0 radical (unpaired) electrons. The van der Waals surface area contributed by atoms with E-state index in [9.17, 15) is 13.2 Å². The molecule has 1 saturated heterocycles. The molecule has 0 spiro atoms. The lowest BCUT2D eigenvalue weighted by atomic mass is 10.2. The zero-order valence-electron chi connectivity index (χ0n) is 16.7.